The van der Waals surface area contributed by atoms with Gasteiger partial charge in [0.15, 0.2) is 5.13 Å². The van der Waals surface area contributed by atoms with Gasteiger partial charge in [-0.05, 0) is 12.1 Å². The Bertz CT molecular complexity index is 870. The van der Waals surface area contributed by atoms with Crippen molar-refractivity contribution in [3.63, 3.8) is 0 Å². The number of thiazole rings is 1. The van der Waals surface area contributed by atoms with Gasteiger partial charge in [0.1, 0.15) is 4.21 Å². The normalized spacial score (nSPS) is 15.2. The van der Waals surface area contributed by atoms with E-state index in [-0.39, 0.29) is 6.03 Å². The zero-order valence-electron chi connectivity index (χ0n) is 16.0. The smallest absolute Gasteiger partial charge is 0.317 e. The molecule has 0 spiro atoms. The second-order valence-electron chi connectivity index (χ2n) is 6.26. The van der Waals surface area contributed by atoms with Crippen LogP contribution >= 0.6 is 22.7 Å². The first-order valence-corrected chi connectivity index (χ1v) is 12.4. The van der Waals surface area contributed by atoms with Crippen molar-refractivity contribution in [3.8, 4) is 0 Å². The molecular weight excluding hydrogens is 418 g/mol. The van der Waals surface area contributed by atoms with Crippen molar-refractivity contribution in [1.82, 2.24) is 19.5 Å². The maximum atomic E-state index is 12.6. The molecule has 154 valence electrons. The molecular formula is C17H25N5O3S3. The third-order valence-corrected chi connectivity index (χ3v) is 9.04. The lowest BCUT2D eigenvalue weighted by molar-refractivity contribution is 0.194. The molecule has 3 rings (SSSR count). The Kier molecular flexibility index (Phi) is 6.91. The molecule has 3 heterocycles. The van der Waals surface area contributed by atoms with E-state index in [1.54, 1.807) is 34.6 Å². The standard InChI is InChI=1S/C17H25N5O3S3/c1-3-22(4-2)28(24,25)15-6-5-14(27-15)13-19-16(23)20-8-10-21(11-9-20)17-18-7-12-26-17/h5-7,12H,3-4,8-11,13H2,1-2H3,(H,19,23). The summed E-state index contributed by atoms with van der Waals surface area (Å²) in [5.41, 5.74) is 0. The van der Waals surface area contributed by atoms with Crippen LogP contribution in [0.15, 0.2) is 27.9 Å². The van der Waals surface area contributed by atoms with Crippen LogP contribution in [-0.2, 0) is 16.6 Å². The number of thiophene rings is 1. The molecule has 0 bridgehead atoms. The summed E-state index contributed by atoms with van der Waals surface area (Å²) in [6.07, 6.45) is 1.79. The maximum absolute atomic E-state index is 12.6. The van der Waals surface area contributed by atoms with E-state index >= 15 is 0 Å². The summed E-state index contributed by atoms with van der Waals surface area (Å²) in [4.78, 5) is 21.5. The largest absolute Gasteiger partial charge is 0.345 e. The quantitative estimate of drug-likeness (QED) is 0.709. The number of nitrogens with zero attached hydrogens (tertiary/aromatic N) is 4. The third kappa shape index (κ3) is 4.65. The molecule has 1 aliphatic rings. The van der Waals surface area contributed by atoms with Gasteiger partial charge in [-0.25, -0.2) is 18.2 Å². The number of urea groups is 1. The topological polar surface area (TPSA) is 85.8 Å². The Hall–Kier alpha value is -1.69. The number of amides is 2. The average Bonchev–Trinajstić information content (AvgIpc) is 3.39. The number of hydrogen-bond donors (Lipinski definition) is 1. The summed E-state index contributed by atoms with van der Waals surface area (Å²) >= 11 is 2.81. The molecule has 0 aromatic carbocycles. The van der Waals surface area contributed by atoms with Gasteiger partial charge in [0.2, 0.25) is 0 Å². The van der Waals surface area contributed by atoms with Crippen LogP contribution in [0.5, 0.6) is 0 Å². The van der Waals surface area contributed by atoms with Crippen LogP contribution in [0.4, 0.5) is 9.93 Å². The molecule has 11 heteroatoms. The molecule has 1 aliphatic heterocycles. The zero-order chi connectivity index (χ0) is 20.1. The van der Waals surface area contributed by atoms with Crippen LogP contribution < -0.4 is 10.2 Å². The Morgan fingerprint density at radius 3 is 2.54 bits per heavy atom. The molecule has 2 aromatic rings. The van der Waals surface area contributed by atoms with Crippen LogP contribution in [0.2, 0.25) is 0 Å². The first-order chi connectivity index (χ1) is 13.5. The number of carbonyl (C=O) groups is 1. The van der Waals surface area contributed by atoms with E-state index in [1.807, 2.05) is 19.2 Å². The van der Waals surface area contributed by atoms with Gasteiger partial charge in [-0.3, -0.25) is 0 Å². The Morgan fingerprint density at radius 1 is 1.21 bits per heavy atom. The first kappa shape index (κ1) is 21.0. The molecule has 0 unspecified atom stereocenters. The van der Waals surface area contributed by atoms with E-state index in [0.717, 1.165) is 23.1 Å². The minimum atomic E-state index is -3.45. The molecule has 2 aromatic heterocycles. The highest BCUT2D eigenvalue weighted by Gasteiger charge is 2.24. The lowest BCUT2D eigenvalue weighted by atomic mass is 10.3. The van der Waals surface area contributed by atoms with Gasteiger partial charge < -0.3 is 15.1 Å². The monoisotopic (exact) mass is 443 g/mol. The lowest BCUT2D eigenvalue weighted by Crippen LogP contribution is -2.51. The van der Waals surface area contributed by atoms with Gasteiger partial charge in [0.05, 0.1) is 6.54 Å². The van der Waals surface area contributed by atoms with Gasteiger partial charge in [-0.1, -0.05) is 13.8 Å². The summed E-state index contributed by atoms with van der Waals surface area (Å²) in [5, 5.41) is 5.83. The minimum absolute atomic E-state index is 0.125. The second kappa shape index (κ2) is 9.21. The molecule has 0 aliphatic carbocycles. The number of anilines is 1. The van der Waals surface area contributed by atoms with Crippen LogP contribution in [0.3, 0.4) is 0 Å². The summed E-state index contributed by atoms with van der Waals surface area (Å²) in [6.45, 7) is 7.64. The van der Waals surface area contributed by atoms with Crippen molar-refractivity contribution in [1.29, 1.82) is 0 Å². The highest BCUT2D eigenvalue weighted by atomic mass is 32.2. The van der Waals surface area contributed by atoms with E-state index in [4.69, 9.17) is 0 Å². The fraction of sp³-hybridized carbons (Fsp3) is 0.529. The van der Waals surface area contributed by atoms with Crippen molar-refractivity contribution in [3.05, 3.63) is 28.6 Å². The SMILES string of the molecule is CCN(CC)S(=O)(=O)c1ccc(CNC(=O)N2CCN(c3nccs3)CC2)s1. The Labute approximate surface area is 173 Å². The number of nitrogens with one attached hydrogen (secondary N) is 1. The molecule has 0 saturated carbocycles. The van der Waals surface area contributed by atoms with Crippen molar-refractivity contribution in [2.45, 2.75) is 24.6 Å². The van der Waals surface area contributed by atoms with Crippen molar-refractivity contribution >= 4 is 43.9 Å². The number of rotatable bonds is 7. The van der Waals surface area contributed by atoms with Gasteiger partial charge in [-0.2, -0.15) is 4.31 Å². The van der Waals surface area contributed by atoms with E-state index in [2.05, 4.69) is 15.2 Å². The number of hydrogen-bond acceptors (Lipinski definition) is 7. The predicted molar refractivity (Wildman–Crippen MR) is 113 cm³/mol. The number of aromatic nitrogens is 1. The van der Waals surface area contributed by atoms with E-state index in [1.165, 1.54) is 15.6 Å². The molecule has 0 atom stereocenters. The van der Waals surface area contributed by atoms with Crippen LogP contribution in [0.25, 0.3) is 0 Å². The number of piperazine rings is 1. The number of sulfonamides is 1. The summed E-state index contributed by atoms with van der Waals surface area (Å²) in [6, 6.07) is 3.26. The minimum Gasteiger partial charge on any atom is -0.345 e. The third-order valence-electron chi connectivity index (χ3n) is 4.61. The molecule has 0 radical (unpaired) electrons. The van der Waals surface area contributed by atoms with Crippen molar-refractivity contribution in [2.75, 3.05) is 44.2 Å². The fourth-order valence-corrected chi connectivity index (χ4v) is 6.63. The van der Waals surface area contributed by atoms with Gasteiger partial charge >= 0.3 is 6.03 Å². The Morgan fingerprint density at radius 2 is 1.93 bits per heavy atom. The number of carbonyl (C=O) groups excluding carboxylic acids is 1. The van der Waals surface area contributed by atoms with E-state index < -0.39 is 10.0 Å². The van der Waals surface area contributed by atoms with Gasteiger partial charge in [0, 0.05) is 55.7 Å². The van der Waals surface area contributed by atoms with Crippen LogP contribution in [-0.4, -0.2) is 67.9 Å². The molecule has 8 nitrogen and oxygen atoms in total. The van der Waals surface area contributed by atoms with Gasteiger partial charge in [-0.15, -0.1) is 22.7 Å². The highest BCUT2D eigenvalue weighted by Crippen LogP contribution is 2.25. The summed E-state index contributed by atoms with van der Waals surface area (Å²) < 4.78 is 26.9. The summed E-state index contributed by atoms with van der Waals surface area (Å²) in [5.74, 6) is 0. The highest BCUT2D eigenvalue weighted by molar-refractivity contribution is 7.91. The molecule has 28 heavy (non-hydrogen) atoms. The van der Waals surface area contributed by atoms with Crippen LogP contribution in [0, 0.1) is 0 Å². The first-order valence-electron chi connectivity index (χ1n) is 9.21. The van der Waals surface area contributed by atoms with E-state index in [0.29, 0.717) is 36.9 Å². The van der Waals surface area contributed by atoms with Gasteiger partial charge in [0.25, 0.3) is 10.0 Å². The van der Waals surface area contributed by atoms with Crippen molar-refractivity contribution in [2.24, 2.45) is 0 Å². The van der Waals surface area contributed by atoms with Crippen LogP contribution in [0.1, 0.15) is 18.7 Å². The summed E-state index contributed by atoms with van der Waals surface area (Å²) in [7, 11) is -3.45. The lowest BCUT2D eigenvalue weighted by Gasteiger charge is -2.34. The molecule has 1 fully saturated rings. The second-order valence-corrected chi connectivity index (χ2v) is 10.5. The zero-order valence-corrected chi connectivity index (χ0v) is 18.4. The average molecular weight is 444 g/mol. The van der Waals surface area contributed by atoms with Crippen molar-refractivity contribution < 1.29 is 13.2 Å². The predicted octanol–water partition coefficient (Wildman–Crippen LogP) is 2.27. The molecule has 2 amide bonds. The fourth-order valence-electron chi connectivity index (χ4n) is 3.03. The van der Waals surface area contributed by atoms with E-state index in [9.17, 15) is 13.2 Å². The molecule has 1 N–H and O–H groups in total. The molecule has 1 saturated heterocycles. The Balaban J connectivity index is 1.51. The maximum Gasteiger partial charge on any atom is 0.317 e.